The molecule has 90 valence electrons. The van der Waals surface area contributed by atoms with Crippen molar-refractivity contribution < 1.29 is 0 Å². The van der Waals surface area contributed by atoms with Crippen LogP contribution in [0.3, 0.4) is 0 Å². The third-order valence-electron chi connectivity index (χ3n) is 2.72. The molecule has 0 fully saturated rings. The predicted octanol–water partition coefficient (Wildman–Crippen LogP) is 2.96. The fraction of sp³-hybridized carbons (Fsp3) is 0.308. The standard InChI is InChI=1S/C13H16ClN3/c1-9-8-11(14)13(17-7-3-5-15)10-4-2-6-16-12(9)10/h2,4,6,8,17H,3,5,7,15H2,1H3. The SMILES string of the molecule is Cc1cc(Cl)c(NCCCN)c2cccnc12. The zero-order chi connectivity index (χ0) is 12.3. The van der Waals surface area contributed by atoms with Crippen molar-refractivity contribution in [2.24, 2.45) is 5.73 Å². The Labute approximate surface area is 106 Å². The van der Waals surface area contributed by atoms with E-state index in [1.807, 2.05) is 25.1 Å². The first kappa shape index (κ1) is 12.1. The summed E-state index contributed by atoms with van der Waals surface area (Å²) >= 11 is 6.27. The Morgan fingerprint density at radius 3 is 3.06 bits per heavy atom. The van der Waals surface area contributed by atoms with Crippen molar-refractivity contribution in [1.82, 2.24) is 4.98 Å². The second kappa shape index (κ2) is 5.34. The first-order chi connectivity index (χ1) is 8.24. The first-order valence-electron chi connectivity index (χ1n) is 5.72. The van der Waals surface area contributed by atoms with Crippen molar-refractivity contribution in [1.29, 1.82) is 0 Å². The molecule has 0 unspecified atom stereocenters. The Bertz CT molecular complexity index is 525. The molecule has 1 aromatic carbocycles. The third kappa shape index (κ3) is 2.51. The van der Waals surface area contributed by atoms with Crippen LogP contribution in [0.5, 0.6) is 0 Å². The summed E-state index contributed by atoms with van der Waals surface area (Å²) in [6.07, 6.45) is 2.72. The fourth-order valence-electron chi connectivity index (χ4n) is 1.88. The van der Waals surface area contributed by atoms with Gasteiger partial charge in [-0.15, -0.1) is 0 Å². The number of hydrogen-bond donors (Lipinski definition) is 2. The van der Waals surface area contributed by atoms with E-state index in [1.165, 1.54) is 0 Å². The van der Waals surface area contributed by atoms with E-state index in [2.05, 4.69) is 10.3 Å². The molecule has 0 saturated heterocycles. The molecule has 1 aromatic heterocycles. The monoisotopic (exact) mass is 249 g/mol. The number of benzene rings is 1. The molecule has 0 radical (unpaired) electrons. The summed E-state index contributed by atoms with van der Waals surface area (Å²) in [7, 11) is 0. The maximum atomic E-state index is 6.27. The van der Waals surface area contributed by atoms with Crippen molar-refractivity contribution in [3.8, 4) is 0 Å². The van der Waals surface area contributed by atoms with Gasteiger partial charge in [-0.05, 0) is 43.7 Å². The van der Waals surface area contributed by atoms with Gasteiger partial charge in [-0.3, -0.25) is 4.98 Å². The molecule has 0 amide bonds. The lowest BCUT2D eigenvalue weighted by Crippen LogP contribution is -2.09. The summed E-state index contributed by atoms with van der Waals surface area (Å²) in [4.78, 5) is 4.39. The van der Waals surface area contributed by atoms with Crippen LogP contribution >= 0.6 is 11.6 Å². The number of nitrogens with zero attached hydrogens (tertiary/aromatic N) is 1. The van der Waals surface area contributed by atoms with Crippen LogP contribution in [-0.4, -0.2) is 18.1 Å². The zero-order valence-corrected chi connectivity index (χ0v) is 10.6. The summed E-state index contributed by atoms with van der Waals surface area (Å²) in [6, 6.07) is 5.90. The van der Waals surface area contributed by atoms with Gasteiger partial charge in [0.25, 0.3) is 0 Å². The number of nitrogens with one attached hydrogen (secondary N) is 1. The molecule has 1 heterocycles. The Morgan fingerprint density at radius 2 is 2.29 bits per heavy atom. The summed E-state index contributed by atoms with van der Waals surface area (Å²) in [5, 5.41) is 5.13. The van der Waals surface area contributed by atoms with Crippen LogP contribution in [0, 0.1) is 6.92 Å². The third-order valence-corrected chi connectivity index (χ3v) is 3.01. The van der Waals surface area contributed by atoms with Gasteiger partial charge >= 0.3 is 0 Å². The Morgan fingerprint density at radius 1 is 1.47 bits per heavy atom. The highest BCUT2D eigenvalue weighted by atomic mass is 35.5. The molecule has 2 rings (SSSR count). The van der Waals surface area contributed by atoms with Crippen molar-refractivity contribution in [2.75, 3.05) is 18.4 Å². The topological polar surface area (TPSA) is 50.9 Å². The van der Waals surface area contributed by atoms with Gasteiger partial charge in [-0.1, -0.05) is 11.6 Å². The molecule has 0 aliphatic rings. The van der Waals surface area contributed by atoms with Crippen molar-refractivity contribution in [3.05, 3.63) is 35.0 Å². The highest BCUT2D eigenvalue weighted by Crippen LogP contribution is 2.32. The maximum Gasteiger partial charge on any atom is 0.0752 e. The average Bonchev–Trinajstić information content (AvgIpc) is 2.33. The average molecular weight is 250 g/mol. The van der Waals surface area contributed by atoms with Crippen LogP contribution in [0.1, 0.15) is 12.0 Å². The first-order valence-corrected chi connectivity index (χ1v) is 6.09. The molecule has 0 spiro atoms. The highest BCUT2D eigenvalue weighted by molar-refractivity contribution is 6.35. The lowest BCUT2D eigenvalue weighted by atomic mass is 10.1. The van der Waals surface area contributed by atoms with E-state index in [-0.39, 0.29) is 0 Å². The zero-order valence-electron chi connectivity index (χ0n) is 9.83. The number of halogens is 1. The van der Waals surface area contributed by atoms with Gasteiger partial charge in [0.05, 0.1) is 16.2 Å². The number of aryl methyl sites for hydroxylation is 1. The molecule has 17 heavy (non-hydrogen) atoms. The van der Waals surface area contributed by atoms with Gasteiger partial charge in [0, 0.05) is 18.1 Å². The van der Waals surface area contributed by atoms with Crippen molar-refractivity contribution in [2.45, 2.75) is 13.3 Å². The molecule has 3 nitrogen and oxygen atoms in total. The van der Waals surface area contributed by atoms with Crippen LogP contribution in [0.2, 0.25) is 5.02 Å². The molecule has 3 N–H and O–H groups in total. The number of nitrogens with two attached hydrogens (primary N) is 1. The Balaban J connectivity index is 2.46. The van der Waals surface area contributed by atoms with Crippen LogP contribution < -0.4 is 11.1 Å². The van der Waals surface area contributed by atoms with Gasteiger partial charge in [-0.25, -0.2) is 0 Å². The molecule has 0 saturated carbocycles. The normalized spacial score (nSPS) is 10.8. The van der Waals surface area contributed by atoms with E-state index < -0.39 is 0 Å². The minimum atomic E-state index is 0.673. The van der Waals surface area contributed by atoms with E-state index in [0.717, 1.165) is 40.1 Å². The summed E-state index contributed by atoms with van der Waals surface area (Å²) in [5.41, 5.74) is 8.52. The molecule has 0 bridgehead atoms. The summed E-state index contributed by atoms with van der Waals surface area (Å²) in [6.45, 7) is 3.51. The van der Waals surface area contributed by atoms with Crippen LogP contribution in [0.15, 0.2) is 24.4 Å². The van der Waals surface area contributed by atoms with E-state index in [0.29, 0.717) is 6.54 Å². The van der Waals surface area contributed by atoms with Crippen LogP contribution in [0.4, 0.5) is 5.69 Å². The Hall–Kier alpha value is -1.32. The predicted molar refractivity (Wildman–Crippen MR) is 73.7 cm³/mol. The number of rotatable bonds is 4. The van der Waals surface area contributed by atoms with E-state index >= 15 is 0 Å². The minimum absolute atomic E-state index is 0.673. The van der Waals surface area contributed by atoms with E-state index in [1.54, 1.807) is 6.20 Å². The minimum Gasteiger partial charge on any atom is -0.383 e. The van der Waals surface area contributed by atoms with Gasteiger partial charge in [-0.2, -0.15) is 0 Å². The van der Waals surface area contributed by atoms with E-state index in [4.69, 9.17) is 17.3 Å². The molecule has 0 aliphatic carbocycles. The lowest BCUT2D eigenvalue weighted by Gasteiger charge is -2.12. The summed E-state index contributed by atoms with van der Waals surface area (Å²) in [5.74, 6) is 0. The number of aromatic nitrogens is 1. The molecular weight excluding hydrogens is 234 g/mol. The number of hydrogen-bond acceptors (Lipinski definition) is 3. The largest absolute Gasteiger partial charge is 0.383 e. The van der Waals surface area contributed by atoms with Crippen molar-refractivity contribution >= 4 is 28.2 Å². The fourth-order valence-corrected chi connectivity index (χ4v) is 2.21. The molecular formula is C13H16ClN3. The van der Waals surface area contributed by atoms with Gasteiger partial charge in [0.15, 0.2) is 0 Å². The van der Waals surface area contributed by atoms with Crippen molar-refractivity contribution in [3.63, 3.8) is 0 Å². The summed E-state index contributed by atoms with van der Waals surface area (Å²) < 4.78 is 0. The van der Waals surface area contributed by atoms with Crippen LogP contribution in [0.25, 0.3) is 10.9 Å². The second-order valence-corrected chi connectivity index (χ2v) is 4.43. The number of fused-ring (bicyclic) bond motifs is 1. The molecule has 4 heteroatoms. The highest BCUT2D eigenvalue weighted by Gasteiger charge is 2.08. The Kier molecular flexibility index (Phi) is 3.82. The van der Waals surface area contributed by atoms with Gasteiger partial charge in [0.2, 0.25) is 0 Å². The van der Waals surface area contributed by atoms with Gasteiger partial charge < -0.3 is 11.1 Å². The van der Waals surface area contributed by atoms with Gasteiger partial charge in [0.1, 0.15) is 0 Å². The number of pyridine rings is 1. The quantitative estimate of drug-likeness (QED) is 0.820. The second-order valence-electron chi connectivity index (χ2n) is 4.02. The lowest BCUT2D eigenvalue weighted by molar-refractivity contribution is 0.875. The number of anilines is 1. The molecule has 0 aliphatic heterocycles. The molecule has 2 aromatic rings. The van der Waals surface area contributed by atoms with E-state index in [9.17, 15) is 0 Å². The maximum absolute atomic E-state index is 6.27. The molecule has 0 atom stereocenters. The van der Waals surface area contributed by atoms with Crippen LogP contribution in [-0.2, 0) is 0 Å². The smallest absolute Gasteiger partial charge is 0.0752 e.